The second kappa shape index (κ2) is 7.57. The number of hydrogen-bond acceptors (Lipinski definition) is 4. The van der Waals surface area contributed by atoms with Crippen molar-refractivity contribution in [2.45, 2.75) is 51.0 Å². The van der Waals surface area contributed by atoms with E-state index < -0.39 is 23.3 Å². The van der Waals surface area contributed by atoms with Gasteiger partial charge in [-0.1, -0.05) is 6.08 Å². The van der Waals surface area contributed by atoms with Crippen LogP contribution in [0.25, 0.3) is 0 Å². The lowest BCUT2D eigenvalue weighted by atomic mass is 9.49. The Morgan fingerprint density at radius 1 is 1.06 bits per heavy atom. The van der Waals surface area contributed by atoms with E-state index in [4.69, 9.17) is 5.73 Å². The van der Waals surface area contributed by atoms with Gasteiger partial charge < -0.3 is 10.6 Å². The van der Waals surface area contributed by atoms with Crippen LogP contribution in [-0.4, -0.2) is 41.1 Å². The van der Waals surface area contributed by atoms with E-state index in [1.807, 2.05) is 0 Å². The molecule has 7 heteroatoms. The maximum absolute atomic E-state index is 13.9. The van der Waals surface area contributed by atoms with Crippen molar-refractivity contribution in [3.8, 4) is 0 Å². The van der Waals surface area contributed by atoms with E-state index in [0.717, 1.165) is 24.2 Å². The summed E-state index contributed by atoms with van der Waals surface area (Å²) in [6.07, 6.45) is 7.98. The van der Waals surface area contributed by atoms with E-state index in [9.17, 15) is 19.2 Å². The van der Waals surface area contributed by atoms with Crippen LogP contribution < -0.4 is 10.6 Å². The third-order valence-electron chi connectivity index (χ3n) is 7.99. The van der Waals surface area contributed by atoms with Gasteiger partial charge >= 0.3 is 0 Å². The highest BCUT2D eigenvalue weighted by Crippen LogP contribution is 2.60. The van der Waals surface area contributed by atoms with Gasteiger partial charge in [0.25, 0.3) is 5.91 Å². The summed E-state index contributed by atoms with van der Waals surface area (Å²) in [4.78, 5) is 54.2. The molecule has 1 aromatic carbocycles. The molecule has 1 atom stereocenters. The van der Waals surface area contributed by atoms with Gasteiger partial charge in [-0.2, -0.15) is 0 Å². The van der Waals surface area contributed by atoms with Gasteiger partial charge in [0.05, 0.1) is 17.5 Å². The van der Waals surface area contributed by atoms with Crippen LogP contribution in [0.3, 0.4) is 0 Å². The fraction of sp³-hybridized carbons (Fsp3) is 0.520. The number of nitrogens with zero attached hydrogens (tertiary/aromatic N) is 2. The lowest BCUT2D eigenvalue weighted by Crippen LogP contribution is -2.57. The molecule has 5 aliphatic rings. The molecule has 1 heterocycles. The molecule has 5 fully saturated rings. The lowest BCUT2D eigenvalue weighted by Gasteiger charge is -2.56. The van der Waals surface area contributed by atoms with Crippen LogP contribution in [0.4, 0.5) is 5.69 Å². The highest BCUT2D eigenvalue weighted by Gasteiger charge is 2.57. The number of amides is 4. The van der Waals surface area contributed by atoms with E-state index in [0.29, 0.717) is 29.0 Å². The quantitative estimate of drug-likeness (QED) is 0.548. The van der Waals surface area contributed by atoms with Gasteiger partial charge in [0.15, 0.2) is 0 Å². The summed E-state index contributed by atoms with van der Waals surface area (Å²) in [6.45, 7) is 4.05. The van der Waals surface area contributed by atoms with Crippen molar-refractivity contribution < 1.29 is 19.2 Å². The van der Waals surface area contributed by atoms with Gasteiger partial charge in [-0.15, -0.1) is 6.58 Å². The molecule has 4 bridgehead atoms. The van der Waals surface area contributed by atoms with Gasteiger partial charge in [0.1, 0.15) is 6.04 Å². The molecule has 6 rings (SSSR count). The molecule has 32 heavy (non-hydrogen) atoms. The average molecular weight is 436 g/mol. The van der Waals surface area contributed by atoms with Crippen molar-refractivity contribution in [1.82, 2.24) is 4.90 Å². The first-order valence-corrected chi connectivity index (χ1v) is 11.5. The predicted molar refractivity (Wildman–Crippen MR) is 118 cm³/mol. The molecule has 0 aromatic heterocycles. The van der Waals surface area contributed by atoms with Crippen molar-refractivity contribution in [1.29, 1.82) is 0 Å². The van der Waals surface area contributed by atoms with Crippen LogP contribution in [0, 0.1) is 23.2 Å². The summed E-state index contributed by atoms with van der Waals surface area (Å²) in [7, 11) is 0. The number of nitrogens with two attached hydrogens (primary N) is 1. The van der Waals surface area contributed by atoms with Gasteiger partial charge in [-0.05, 0) is 80.5 Å². The minimum Gasteiger partial charge on any atom is -0.366 e. The average Bonchev–Trinajstić information content (AvgIpc) is 3.04. The van der Waals surface area contributed by atoms with Crippen LogP contribution in [0.1, 0.15) is 55.3 Å². The number of imide groups is 1. The molecule has 168 valence electrons. The monoisotopic (exact) mass is 435 g/mol. The van der Waals surface area contributed by atoms with Gasteiger partial charge in [-0.3, -0.25) is 19.2 Å². The zero-order chi connectivity index (χ0) is 22.6. The fourth-order valence-corrected chi connectivity index (χ4v) is 7.07. The Morgan fingerprint density at radius 3 is 2.12 bits per heavy atom. The molecular weight excluding hydrogens is 406 g/mol. The molecule has 0 radical (unpaired) electrons. The topological polar surface area (TPSA) is 101 Å². The predicted octanol–water partition coefficient (Wildman–Crippen LogP) is 2.65. The molecule has 4 amide bonds. The second-order valence-corrected chi connectivity index (χ2v) is 10.1. The number of rotatable bonds is 6. The van der Waals surface area contributed by atoms with Crippen LogP contribution in [0.15, 0.2) is 36.9 Å². The maximum Gasteiger partial charge on any atom is 0.257 e. The maximum atomic E-state index is 13.9. The third kappa shape index (κ3) is 3.26. The molecular formula is C25H29N3O4. The molecule has 4 saturated carbocycles. The Morgan fingerprint density at radius 2 is 1.62 bits per heavy atom. The first-order valence-electron chi connectivity index (χ1n) is 11.5. The standard InChI is InChI=1S/C25H29N3O4/c1-2-7-27(24(32)25-12-15-8-16(13-25)10-17(9-15)14-25)20-11-21(29)28(23(20)31)19-5-3-18(4-6-19)22(26)30/h2-6,15-17,20H,1,7-14H2,(H2,26,30). The van der Waals surface area contributed by atoms with Gasteiger partial charge in [0, 0.05) is 12.1 Å². The molecule has 1 aliphatic heterocycles. The summed E-state index contributed by atoms with van der Waals surface area (Å²) in [6, 6.07) is 5.24. The Balaban J connectivity index is 1.41. The Labute approximate surface area is 187 Å². The van der Waals surface area contributed by atoms with Crippen LogP contribution >= 0.6 is 0 Å². The summed E-state index contributed by atoms with van der Waals surface area (Å²) < 4.78 is 0. The van der Waals surface area contributed by atoms with Gasteiger partial charge in [-0.25, -0.2) is 4.90 Å². The summed E-state index contributed by atoms with van der Waals surface area (Å²) in [5, 5.41) is 0. The van der Waals surface area contributed by atoms with Crippen LogP contribution in [0.5, 0.6) is 0 Å². The van der Waals surface area contributed by atoms with Crippen molar-refractivity contribution >= 4 is 29.3 Å². The third-order valence-corrected chi connectivity index (χ3v) is 7.99. The first-order chi connectivity index (χ1) is 15.3. The zero-order valence-electron chi connectivity index (χ0n) is 18.2. The van der Waals surface area contributed by atoms with E-state index >= 15 is 0 Å². The first kappa shape index (κ1) is 20.9. The molecule has 1 unspecified atom stereocenters. The SMILES string of the molecule is C=CCN(C(=O)C12CC3CC(CC(C3)C1)C2)C1CC(=O)N(c2ccc(C(N)=O)cc2)C1=O. The summed E-state index contributed by atoms with van der Waals surface area (Å²) >= 11 is 0. The van der Waals surface area contributed by atoms with E-state index in [2.05, 4.69) is 6.58 Å². The fourth-order valence-electron chi connectivity index (χ4n) is 7.07. The van der Waals surface area contributed by atoms with Crippen molar-refractivity contribution in [3.05, 3.63) is 42.5 Å². The number of anilines is 1. The Hall–Kier alpha value is -2.96. The normalized spacial score (nSPS) is 32.9. The Bertz CT molecular complexity index is 964. The van der Waals surface area contributed by atoms with Gasteiger partial charge in [0.2, 0.25) is 17.7 Å². The molecule has 4 aliphatic carbocycles. The number of benzene rings is 1. The van der Waals surface area contributed by atoms with Crippen LogP contribution in [-0.2, 0) is 14.4 Å². The largest absolute Gasteiger partial charge is 0.366 e. The number of primary amides is 1. The summed E-state index contributed by atoms with van der Waals surface area (Å²) in [5.41, 5.74) is 5.58. The molecule has 0 spiro atoms. The number of hydrogen-bond donors (Lipinski definition) is 1. The number of carbonyl (C=O) groups excluding carboxylic acids is 4. The van der Waals surface area contributed by atoms with Crippen molar-refractivity contribution in [2.75, 3.05) is 11.4 Å². The highest BCUT2D eigenvalue weighted by atomic mass is 16.2. The number of carbonyl (C=O) groups is 4. The van der Waals surface area contributed by atoms with E-state index in [1.54, 1.807) is 11.0 Å². The summed E-state index contributed by atoms with van der Waals surface area (Å²) in [5.74, 6) is 0.521. The van der Waals surface area contributed by atoms with Crippen molar-refractivity contribution in [2.24, 2.45) is 28.9 Å². The highest BCUT2D eigenvalue weighted by molar-refractivity contribution is 6.23. The molecule has 1 saturated heterocycles. The van der Waals surface area contributed by atoms with Crippen LogP contribution in [0.2, 0.25) is 0 Å². The minimum atomic E-state index is -0.822. The molecule has 2 N–H and O–H groups in total. The van der Waals surface area contributed by atoms with E-state index in [-0.39, 0.29) is 24.8 Å². The Kier molecular flexibility index (Phi) is 4.95. The minimum absolute atomic E-state index is 0.0218. The smallest absolute Gasteiger partial charge is 0.257 e. The molecule has 7 nitrogen and oxygen atoms in total. The van der Waals surface area contributed by atoms with E-state index in [1.165, 1.54) is 43.5 Å². The zero-order valence-corrected chi connectivity index (χ0v) is 18.2. The van der Waals surface area contributed by atoms with Crippen molar-refractivity contribution in [3.63, 3.8) is 0 Å². The molecule has 1 aromatic rings. The second-order valence-electron chi connectivity index (χ2n) is 10.1. The lowest BCUT2D eigenvalue weighted by molar-refractivity contribution is -0.160.